The first-order chi connectivity index (χ1) is 10.1. The predicted molar refractivity (Wildman–Crippen MR) is 79.0 cm³/mol. The van der Waals surface area contributed by atoms with E-state index in [-0.39, 0.29) is 23.4 Å². The summed E-state index contributed by atoms with van der Waals surface area (Å²) >= 11 is 1.21. The molecule has 0 saturated carbocycles. The molecule has 1 aromatic heterocycles. The summed E-state index contributed by atoms with van der Waals surface area (Å²) in [5.41, 5.74) is 6.18. The first-order valence-electron chi connectivity index (χ1n) is 6.41. The highest BCUT2D eigenvalue weighted by Crippen LogP contribution is 2.15. The number of rotatable bonds is 6. The summed E-state index contributed by atoms with van der Waals surface area (Å²) in [5.74, 6) is 0.0641. The normalized spacial score (nSPS) is 10.6. The molecule has 1 heterocycles. The zero-order chi connectivity index (χ0) is 15.2. The van der Waals surface area contributed by atoms with E-state index in [9.17, 15) is 9.18 Å². The highest BCUT2D eigenvalue weighted by Gasteiger charge is 2.14. The first-order valence-corrected chi connectivity index (χ1v) is 7.40. The molecule has 0 radical (unpaired) electrons. The number of anilines is 1. The number of hydrogen-bond donors (Lipinski definition) is 2. The lowest BCUT2D eigenvalue weighted by atomic mass is 10.2. The van der Waals surface area contributed by atoms with Crippen LogP contribution < -0.4 is 5.73 Å². The number of amides is 1. The monoisotopic (exact) mass is 309 g/mol. The molecule has 2 aromatic rings. The van der Waals surface area contributed by atoms with Gasteiger partial charge in [-0.05, 0) is 24.6 Å². The van der Waals surface area contributed by atoms with Crippen molar-refractivity contribution in [1.82, 2.24) is 20.1 Å². The Hall–Kier alpha value is -2.09. The molecule has 0 fully saturated rings. The Morgan fingerprint density at radius 1 is 1.52 bits per heavy atom. The van der Waals surface area contributed by atoms with Gasteiger partial charge in [-0.1, -0.05) is 23.9 Å². The molecule has 1 amide bonds. The van der Waals surface area contributed by atoms with E-state index in [1.54, 1.807) is 17.0 Å². The molecule has 0 atom stereocenters. The molecule has 0 unspecified atom stereocenters. The van der Waals surface area contributed by atoms with Crippen molar-refractivity contribution < 1.29 is 9.18 Å². The van der Waals surface area contributed by atoms with Crippen molar-refractivity contribution >= 4 is 23.6 Å². The summed E-state index contributed by atoms with van der Waals surface area (Å²) in [5, 5.41) is 6.79. The fraction of sp³-hybridized carbons (Fsp3) is 0.308. The molecule has 0 bridgehead atoms. The lowest BCUT2D eigenvalue weighted by Gasteiger charge is -2.20. The molecular weight excluding hydrogens is 293 g/mol. The van der Waals surface area contributed by atoms with Gasteiger partial charge < -0.3 is 10.6 Å². The van der Waals surface area contributed by atoms with Gasteiger partial charge in [0.05, 0.1) is 5.75 Å². The van der Waals surface area contributed by atoms with Crippen molar-refractivity contribution in [2.75, 3.05) is 18.0 Å². The number of nitrogens with two attached hydrogens (primary N) is 1. The molecule has 0 aliphatic carbocycles. The van der Waals surface area contributed by atoms with Crippen LogP contribution in [0.1, 0.15) is 12.5 Å². The quantitative estimate of drug-likeness (QED) is 0.792. The van der Waals surface area contributed by atoms with Gasteiger partial charge in [-0.25, -0.2) is 9.49 Å². The van der Waals surface area contributed by atoms with Gasteiger partial charge in [-0.15, -0.1) is 5.10 Å². The highest BCUT2D eigenvalue weighted by atomic mass is 32.2. The van der Waals surface area contributed by atoms with Crippen LogP contribution in [0.25, 0.3) is 0 Å². The number of aromatic nitrogens is 3. The summed E-state index contributed by atoms with van der Waals surface area (Å²) in [6.07, 6.45) is 0. The molecule has 0 aliphatic rings. The maximum Gasteiger partial charge on any atom is 0.233 e. The predicted octanol–water partition coefficient (Wildman–Crippen LogP) is 1.67. The highest BCUT2D eigenvalue weighted by molar-refractivity contribution is 7.99. The second-order valence-electron chi connectivity index (χ2n) is 4.33. The number of nitrogens with zero attached hydrogens (tertiary/aromatic N) is 3. The summed E-state index contributed by atoms with van der Waals surface area (Å²) in [6.45, 7) is 2.81. The van der Waals surface area contributed by atoms with Gasteiger partial charge in [-0.2, -0.15) is 4.98 Å². The maximum atomic E-state index is 13.2. The van der Waals surface area contributed by atoms with Gasteiger partial charge in [0.2, 0.25) is 17.0 Å². The summed E-state index contributed by atoms with van der Waals surface area (Å²) in [4.78, 5) is 17.7. The molecule has 0 spiro atoms. The fourth-order valence-electron chi connectivity index (χ4n) is 1.77. The van der Waals surface area contributed by atoms with Crippen LogP contribution in [0.5, 0.6) is 0 Å². The minimum Gasteiger partial charge on any atom is -0.368 e. The van der Waals surface area contributed by atoms with Crippen LogP contribution in [0.15, 0.2) is 29.4 Å². The van der Waals surface area contributed by atoms with E-state index < -0.39 is 0 Å². The molecule has 3 N–H and O–H groups in total. The molecule has 1 aromatic carbocycles. The minimum atomic E-state index is -0.304. The molecule has 0 saturated heterocycles. The van der Waals surface area contributed by atoms with Crippen molar-refractivity contribution in [3.63, 3.8) is 0 Å². The Bertz CT molecular complexity index is 618. The molecule has 112 valence electrons. The number of nitrogens with one attached hydrogen (secondary N) is 1. The lowest BCUT2D eigenvalue weighted by Crippen LogP contribution is -2.31. The third kappa shape index (κ3) is 4.45. The standard InChI is InChI=1S/C13H16FN5OS/c1-2-19(7-9-4-3-5-10(14)6-9)11(20)8-21-13-16-12(15)17-18-13/h3-6H,2,7-8H2,1H3,(H3,15,16,17,18). The molecule has 2 rings (SSSR count). The van der Waals surface area contributed by atoms with Gasteiger partial charge in [-0.3, -0.25) is 4.79 Å². The summed E-state index contributed by atoms with van der Waals surface area (Å²) in [7, 11) is 0. The maximum absolute atomic E-state index is 13.2. The third-order valence-electron chi connectivity index (χ3n) is 2.80. The smallest absolute Gasteiger partial charge is 0.233 e. The van der Waals surface area contributed by atoms with Gasteiger partial charge in [0, 0.05) is 13.1 Å². The van der Waals surface area contributed by atoms with Crippen molar-refractivity contribution in [2.24, 2.45) is 0 Å². The number of carbonyl (C=O) groups is 1. The van der Waals surface area contributed by atoms with E-state index in [2.05, 4.69) is 15.2 Å². The Balaban J connectivity index is 1.92. The number of halogens is 1. The van der Waals surface area contributed by atoms with Crippen LogP contribution in [-0.4, -0.2) is 38.3 Å². The Morgan fingerprint density at radius 3 is 2.95 bits per heavy atom. The molecular formula is C13H16FN5OS. The van der Waals surface area contributed by atoms with E-state index in [0.717, 1.165) is 5.56 Å². The van der Waals surface area contributed by atoms with Crippen molar-refractivity contribution in [3.05, 3.63) is 35.6 Å². The zero-order valence-electron chi connectivity index (χ0n) is 11.5. The first kappa shape index (κ1) is 15.3. The van der Waals surface area contributed by atoms with Crippen molar-refractivity contribution in [2.45, 2.75) is 18.6 Å². The SMILES string of the molecule is CCN(Cc1cccc(F)c1)C(=O)CSc1n[nH]c(N)n1. The fourth-order valence-corrected chi connectivity index (χ4v) is 2.48. The number of thioether (sulfide) groups is 1. The Kier molecular flexibility index (Phi) is 5.15. The number of aromatic amines is 1. The largest absolute Gasteiger partial charge is 0.368 e. The molecule has 8 heteroatoms. The third-order valence-corrected chi connectivity index (χ3v) is 3.64. The topological polar surface area (TPSA) is 87.9 Å². The number of H-pyrrole nitrogens is 1. The van der Waals surface area contributed by atoms with Crippen LogP contribution in [-0.2, 0) is 11.3 Å². The van der Waals surface area contributed by atoms with E-state index in [1.165, 1.54) is 23.9 Å². The second kappa shape index (κ2) is 7.07. The van der Waals surface area contributed by atoms with Gasteiger partial charge in [0.25, 0.3) is 0 Å². The Labute approximate surface area is 125 Å². The summed E-state index contributed by atoms with van der Waals surface area (Å²) < 4.78 is 13.2. The van der Waals surface area contributed by atoms with Crippen LogP contribution in [0, 0.1) is 5.82 Å². The number of nitrogen functional groups attached to an aromatic ring is 1. The average molecular weight is 309 g/mol. The van der Waals surface area contributed by atoms with E-state index >= 15 is 0 Å². The number of hydrogen-bond acceptors (Lipinski definition) is 5. The Morgan fingerprint density at radius 2 is 2.33 bits per heavy atom. The molecule has 0 aliphatic heterocycles. The summed E-state index contributed by atoms with van der Waals surface area (Å²) in [6, 6.07) is 6.24. The van der Waals surface area contributed by atoms with E-state index in [0.29, 0.717) is 18.2 Å². The van der Waals surface area contributed by atoms with E-state index in [1.807, 2.05) is 6.92 Å². The van der Waals surface area contributed by atoms with E-state index in [4.69, 9.17) is 5.73 Å². The van der Waals surface area contributed by atoms with Crippen molar-refractivity contribution in [1.29, 1.82) is 0 Å². The van der Waals surface area contributed by atoms with Crippen LogP contribution in [0.2, 0.25) is 0 Å². The molecule has 21 heavy (non-hydrogen) atoms. The van der Waals surface area contributed by atoms with Gasteiger partial charge in [0.1, 0.15) is 5.82 Å². The second-order valence-corrected chi connectivity index (χ2v) is 5.27. The molecule has 6 nitrogen and oxygen atoms in total. The minimum absolute atomic E-state index is 0.0601. The van der Waals surface area contributed by atoms with Gasteiger partial charge >= 0.3 is 0 Å². The zero-order valence-corrected chi connectivity index (χ0v) is 12.4. The number of benzene rings is 1. The van der Waals surface area contributed by atoms with Crippen LogP contribution in [0.3, 0.4) is 0 Å². The van der Waals surface area contributed by atoms with Crippen molar-refractivity contribution in [3.8, 4) is 0 Å². The lowest BCUT2D eigenvalue weighted by molar-refractivity contribution is -0.128. The number of carbonyl (C=O) groups excluding carboxylic acids is 1. The van der Waals surface area contributed by atoms with Crippen LogP contribution in [0.4, 0.5) is 10.3 Å². The van der Waals surface area contributed by atoms with Gasteiger partial charge in [0.15, 0.2) is 0 Å². The van der Waals surface area contributed by atoms with Crippen LogP contribution >= 0.6 is 11.8 Å². The average Bonchev–Trinajstić information content (AvgIpc) is 2.88.